The van der Waals surface area contributed by atoms with E-state index in [1.807, 2.05) is 18.2 Å². The van der Waals surface area contributed by atoms with E-state index in [2.05, 4.69) is 17.4 Å². The number of rotatable bonds is 3. The molecule has 0 saturated carbocycles. The fraction of sp³-hybridized carbons (Fsp3) is 0.538. The summed E-state index contributed by atoms with van der Waals surface area (Å²) in [6, 6.07) is 10.2. The molecular weight excluding hydrogens is 202 g/mol. The predicted molar refractivity (Wildman–Crippen MR) is 63.1 cm³/mol. The van der Waals surface area contributed by atoms with E-state index in [1.165, 1.54) is 5.56 Å². The zero-order chi connectivity index (χ0) is 11.2. The van der Waals surface area contributed by atoms with E-state index in [0.717, 1.165) is 19.4 Å². The largest absolute Gasteiger partial charge is 0.392 e. The lowest BCUT2D eigenvalue weighted by Crippen LogP contribution is -2.24. The van der Waals surface area contributed by atoms with Crippen molar-refractivity contribution < 1.29 is 9.84 Å². The molecule has 88 valence electrons. The SMILES string of the molecule is OC1CNCCC(OCc2ccccc2)C1. The van der Waals surface area contributed by atoms with Crippen LogP contribution in [0.15, 0.2) is 30.3 Å². The highest BCUT2D eigenvalue weighted by Crippen LogP contribution is 2.12. The summed E-state index contributed by atoms with van der Waals surface area (Å²) in [6.07, 6.45) is 1.61. The minimum Gasteiger partial charge on any atom is -0.392 e. The Hall–Kier alpha value is -0.900. The molecule has 0 bridgehead atoms. The maximum Gasteiger partial charge on any atom is 0.0720 e. The maximum absolute atomic E-state index is 9.61. The third-order valence-electron chi connectivity index (χ3n) is 2.89. The number of ether oxygens (including phenoxy) is 1. The Balaban J connectivity index is 1.80. The second kappa shape index (κ2) is 5.99. The molecule has 0 aromatic heterocycles. The smallest absolute Gasteiger partial charge is 0.0720 e. The number of β-amino-alcohol motifs (C(OH)–C–C–N with tert-alkyl or cyclic N) is 1. The molecule has 1 fully saturated rings. The number of hydrogen-bond donors (Lipinski definition) is 2. The molecule has 1 aliphatic heterocycles. The Morgan fingerprint density at radius 3 is 2.94 bits per heavy atom. The molecule has 0 radical (unpaired) electrons. The molecule has 0 spiro atoms. The zero-order valence-corrected chi connectivity index (χ0v) is 9.43. The summed E-state index contributed by atoms with van der Waals surface area (Å²) in [4.78, 5) is 0. The first kappa shape index (κ1) is 11.6. The van der Waals surface area contributed by atoms with Gasteiger partial charge in [-0.2, -0.15) is 0 Å². The molecule has 0 aliphatic carbocycles. The van der Waals surface area contributed by atoms with Crippen LogP contribution in [-0.2, 0) is 11.3 Å². The van der Waals surface area contributed by atoms with Crippen molar-refractivity contribution in [1.82, 2.24) is 5.32 Å². The molecule has 1 heterocycles. The summed E-state index contributed by atoms with van der Waals surface area (Å²) in [7, 11) is 0. The van der Waals surface area contributed by atoms with E-state index in [0.29, 0.717) is 13.2 Å². The van der Waals surface area contributed by atoms with Crippen molar-refractivity contribution in [2.75, 3.05) is 13.1 Å². The van der Waals surface area contributed by atoms with Gasteiger partial charge in [0, 0.05) is 13.0 Å². The molecule has 2 atom stereocenters. The van der Waals surface area contributed by atoms with Gasteiger partial charge >= 0.3 is 0 Å². The Bertz CT molecular complexity index is 302. The topological polar surface area (TPSA) is 41.5 Å². The highest BCUT2D eigenvalue weighted by atomic mass is 16.5. The van der Waals surface area contributed by atoms with Crippen LogP contribution >= 0.6 is 0 Å². The van der Waals surface area contributed by atoms with Gasteiger partial charge in [0.1, 0.15) is 0 Å². The van der Waals surface area contributed by atoms with Crippen LogP contribution < -0.4 is 5.32 Å². The van der Waals surface area contributed by atoms with Crippen LogP contribution in [0.25, 0.3) is 0 Å². The normalized spacial score (nSPS) is 26.3. The predicted octanol–water partition coefficient (Wildman–Crippen LogP) is 1.32. The molecule has 2 unspecified atom stereocenters. The van der Waals surface area contributed by atoms with E-state index < -0.39 is 0 Å². The quantitative estimate of drug-likeness (QED) is 0.808. The first-order chi connectivity index (χ1) is 7.84. The van der Waals surface area contributed by atoms with Crippen LogP contribution in [0, 0.1) is 0 Å². The summed E-state index contributed by atoms with van der Waals surface area (Å²) in [5, 5.41) is 12.8. The summed E-state index contributed by atoms with van der Waals surface area (Å²) in [6.45, 7) is 2.25. The second-order valence-corrected chi connectivity index (χ2v) is 4.30. The molecule has 2 N–H and O–H groups in total. The second-order valence-electron chi connectivity index (χ2n) is 4.30. The molecule has 1 aromatic carbocycles. The van der Waals surface area contributed by atoms with E-state index in [1.54, 1.807) is 0 Å². The van der Waals surface area contributed by atoms with Crippen molar-refractivity contribution in [2.24, 2.45) is 0 Å². The Morgan fingerprint density at radius 1 is 1.31 bits per heavy atom. The molecule has 1 aromatic rings. The molecule has 0 amide bonds. The number of aliphatic hydroxyl groups excluding tert-OH is 1. The van der Waals surface area contributed by atoms with E-state index in [-0.39, 0.29) is 12.2 Å². The Morgan fingerprint density at radius 2 is 2.12 bits per heavy atom. The summed E-state index contributed by atoms with van der Waals surface area (Å²) >= 11 is 0. The van der Waals surface area contributed by atoms with Crippen LogP contribution in [-0.4, -0.2) is 30.4 Å². The third kappa shape index (κ3) is 3.59. The molecule has 3 heteroatoms. The lowest BCUT2D eigenvalue weighted by molar-refractivity contribution is 0.00924. The van der Waals surface area contributed by atoms with Crippen molar-refractivity contribution in [3.8, 4) is 0 Å². The fourth-order valence-corrected chi connectivity index (χ4v) is 1.98. The average Bonchev–Trinajstić information content (AvgIpc) is 2.52. The van der Waals surface area contributed by atoms with E-state index in [4.69, 9.17) is 4.74 Å². The minimum absolute atomic E-state index is 0.171. The fourth-order valence-electron chi connectivity index (χ4n) is 1.98. The summed E-state index contributed by atoms with van der Waals surface area (Å²) in [5.74, 6) is 0. The van der Waals surface area contributed by atoms with Gasteiger partial charge in [0.05, 0.1) is 18.8 Å². The van der Waals surface area contributed by atoms with Gasteiger partial charge < -0.3 is 15.2 Å². The molecule has 3 nitrogen and oxygen atoms in total. The van der Waals surface area contributed by atoms with Crippen LogP contribution in [0.4, 0.5) is 0 Å². The van der Waals surface area contributed by atoms with Gasteiger partial charge in [-0.15, -0.1) is 0 Å². The first-order valence-corrected chi connectivity index (χ1v) is 5.89. The number of benzene rings is 1. The van der Waals surface area contributed by atoms with Crippen LogP contribution in [0.5, 0.6) is 0 Å². The van der Waals surface area contributed by atoms with Crippen molar-refractivity contribution in [2.45, 2.75) is 31.7 Å². The monoisotopic (exact) mass is 221 g/mol. The maximum atomic E-state index is 9.61. The average molecular weight is 221 g/mol. The Labute approximate surface area is 96.4 Å². The van der Waals surface area contributed by atoms with Crippen molar-refractivity contribution in [3.63, 3.8) is 0 Å². The summed E-state index contributed by atoms with van der Waals surface area (Å²) in [5.41, 5.74) is 1.19. The van der Waals surface area contributed by atoms with Crippen molar-refractivity contribution in [3.05, 3.63) is 35.9 Å². The first-order valence-electron chi connectivity index (χ1n) is 5.89. The zero-order valence-electron chi connectivity index (χ0n) is 9.43. The van der Waals surface area contributed by atoms with Gasteiger partial charge in [0.25, 0.3) is 0 Å². The van der Waals surface area contributed by atoms with Gasteiger partial charge in [0.15, 0.2) is 0 Å². The summed E-state index contributed by atoms with van der Waals surface area (Å²) < 4.78 is 5.82. The van der Waals surface area contributed by atoms with Gasteiger partial charge in [0.2, 0.25) is 0 Å². The molecular formula is C13H19NO2. The van der Waals surface area contributed by atoms with Gasteiger partial charge in [-0.3, -0.25) is 0 Å². The molecule has 1 aliphatic rings. The van der Waals surface area contributed by atoms with Gasteiger partial charge in [-0.1, -0.05) is 30.3 Å². The highest BCUT2D eigenvalue weighted by molar-refractivity contribution is 5.13. The number of hydrogen-bond acceptors (Lipinski definition) is 3. The molecule has 2 rings (SSSR count). The van der Waals surface area contributed by atoms with Crippen molar-refractivity contribution >= 4 is 0 Å². The third-order valence-corrected chi connectivity index (χ3v) is 2.89. The van der Waals surface area contributed by atoms with Crippen LogP contribution in [0.1, 0.15) is 18.4 Å². The lowest BCUT2D eigenvalue weighted by Gasteiger charge is -2.16. The lowest BCUT2D eigenvalue weighted by atomic mass is 10.1. The van der Waals surface area contributed by atoms with E-state index >= 15 is 0 Å². The van der Waals surface area contributed by atoms with E-state index in [9.17, 15) is 5.11 Å². The molecule has 1 saturated heterocycles. The van der Waals surface area contributed by atoms with Crippen LogP contribution in [0.3, 0.4) is 0 Å². The number of aliphatic hydroxyl groups is 1. The Kier molecular flexibility index (Phi) is 4.34. The van der Waals surface area contributed by atoms with Gasteiger partial charge in [-0.05, 0) is 18.5 Å². The number of nitrogens with one attached hydrogen (secondary N) is 1. The van der Waals surface area contributed by atoms with Crippen LogP contribution in [0.2, 0.25) is 0 Å². The minimum atomic E-state index is -0.275. The molecule has 16 heavy (non-hydrogen) atoms. The highest BCUT2D eigenvalue weighted by Gasteiger charge is 2.18. The van der Waals surface area contributed by atoms with Gasteiger partial charge in [-0.25, -0.2) is 0 Å². The standard InChI is InChI=1S/C13H19NO2/c15-12-8-13(6-7-14-9-12)16-10-11-4-2-1-3-5-11/h1-5,12-15H,6-10H2. The van der Waals surface area contributed by atoms with Crippen molar-refractivity contribution in [1.29, 1.82) is 0 Å².